The van der Waals surface area contributed by atoms with Crippen molar-refractivity contribution in [1.29, 1.82) is 0 Å². The lowest BCUT2D eigenvalue weighted by Crippen LogP contribution is -2.27. The molecule has 0 spiro atoms. The fraction of sp³-hybridized carbons (Fsp3) is 0.130. The number of esters is 1. The first-order chi connectivity index (χ1) is 14.0. The summed E-state index contributed by atoms with van der Waals surface area (Å²) in [5, 5.41) is 0.662. The molecule has 1 aliphatic heterocycles. The molecule has 146 valence electrons. The van der Waals surface area contributed by atoms with Crippen LogP contribution in [0.3, 0.4) is 0 Å². The SMILES string of the molecule is O=C(Oc1ccc(-c2ccccc2)cc1)[C@@H]1CC(=O)N(c2cccc(Cl)c2Cl)C1. The maximum absolute atomic E-state index is 12.6. The molecule has 0 saturated carbocycles. The first-order valence-electron chi connectivity index (χ1n) is 9.14. The van der Waals surface area contributed by atoms with Crippen molar-refractivity contribution in [3.63, 3.8) is 0 Å². The Labute approximate surface area is 178 Å². The topological polar surface area (TPSA) is 46.6 Å². The number of hydrogen-bond donors (Lipinski definition) is 0. The summed E-state index contributed by atoms with van der Waals surface area (Å²) >= 11 is 12.3. The lowest BCUT2D eigenvalue weighted by atomic mass is 10.1. The molecule has 1 saturated heterocycles. The van der Waals surface area contributed by atoms with Gasteiger partial charge in [-0.3, -0.25) is 9.59 Å². The van der Waals surface area contributed by atoms with Gasteiger partial charge >= 0.3 is 5.97 Å². The monoisotopic (exact) mass is 425 g/mol. The third-order valence-electron chi connectivity index (χ3n) is 4.86. The summed E-state index contributed by atoms with van der Waals surface area (Å²) in [5.74, 6) is -0.741. The molecule has 1 amide bonds. The highest BCUT2D eigenvalue weighted by molar-refractivity contribution is 6.44. The smallest absolute Gasteiger partial charge is 0.316 e. The molecule has 0 radical (unpaired) electrons. The highest BCUT2D eigenvalue weighted by Crippen LogP contribution is 2.36. The van der Waals surface area contributed by atoms with E-state index in [0.717, 1.165) is 11.1 Å². The summed E-state index contributed by atoms with van der Waals surface area (Å²) < 4.78 is 5.50. The maximum Gasteiger partial charge on any atom is 0.316 e. The van der Waals surface area contributed by atoms with Crippen LogP contribution in [0.1, 0.15) is 6.42 Å². The third kappa shape index (κ3) is 4.14. The third-order valence-corrected chi connectivity index (χ3v) is 5.67. The molecule has 1 fully saturated rings. The number of anilines is 1. The van der Waals surface area contributed by atoms with E-state index in [1.165, 1.54) is 4.90 Å². The second-order valence-corrected chi connectivity index (χ2v) is 7.58. The van der Waals surface area contributed by atoms with Crippen LogP contribution in [0.4, 0.5) is 5.69 Å². The predicted octanol–water partition coefficient (Wildman–Crippen LogP) is 5.62. The standard InChI is InChI=1S/C23H17Cl2NO3/c24-19-7-4-8-20(22(19)25)26-14-17(13-21(26)27)23(28)29-18-11-9-16(10-12-18)15-5-2-1-3-6-15/h1-12,17H,13-14H2/t17-/m1/s1. The molecule has 1 heterocycles. The Balaban J connectivity index is 1.44. The number of benzene rings is 3. The fourth-order valence-corrected chi connectivity index (χ4v) is 3.74. The van der Waals surface area contributed by atoms with Crippen molar-refractivity contribution in [3.05, 3.63) is 82.8 Å². The molecule has 0 unspecified atom stereocenters. The van der Waals surface area contributed by atoms with Crippen molar-refractivity contribution < 1.29 is 14.3 Å². The van der Waals surface area contributed by atoms with Gasteiger partial charge in [-0.25, -0.2) is 0 Å². The Morgan fingerprint density at radius 2 is 1.59 bits per heavy atom. The minimum atomic E-state index is -0.564. The molecule has 3 aromatic carbocycles. The first-order valence-corrected chi connectivity index (χ1v) is 9.90. The van der Waals surface area contributed by atoms with Gasteiger partial charge in [0.2, 0.25) is 5.91 Å². The number of nitrogens with zero attached hydrogens (tertiary/aromatic N) is 1. The number of rotatable bonds is 4. The van der Waals surface area contributed by atoms with Gasteiger partial charge in [-0.05, 0) is 35.4 Å². The van der Waals surface area contributed by atoms with E-state index in [9.17, 15) is 9.59 Å². The van der Waals surface area contributed by atoms with Crippen molar-refractivity contribution in [1.82, 2.24) is 0 Å². The Morgan fingerprint density at radius 1 is 0.897 bits per heavy atom. The zero-order chi connectivity index (χ0) is 20.4. The highest BCUT2D eigenvalue weighted by atomic mass is 35.5. The van der Waals surface area contributed by atoms with Crippen LogP contribution >= 0.6 is 23.2 Å². The van der Waals surface area contributed by atoms with Crippen molar-refractivity contribution in [2.75, 3.05) is 11.4 Å². The van der Waals surface area contributed by atoms with Gasteiger partial charge in [-0.1, -0.05) is 71.7 Å². The zero-order valence-corrected chi connectivity index (χ0v) is 16.9. The number of ether oxygens (including phenoxy) is 1. The molecule has 3 aromatic rings. The summed E-state index contributed by atoms with van der Waals surface area (Å²) in [5.41, 5.74) is 2.62. The number of halogens is 2. The van der Waals surface area contributed by atoms with Gasteiger partial charge in [0, 0.05) is 13.0 Å². The highest BCUT2D eigenvalue weighted by Gasteiger charge is 2.37. The van der Waals surface area contributed by atoms with E-state index in [-0.39, 0.29) is 18.9 Å². The molecule has 4 nitrogen and oxygen atoms in total. The summed E-state index contributed by atoms with van der Waals surface area (Å²) in [4.78, 5) is 26.5. The zero-order valence-electron chi connectivity index (χ0n) is 15.3. The maximum atomic E-state index is 12.6. The Hall–Kier alpha value is -2.82. The normalized spacial score (nSPS) is 16.1. The minimum Gasteiger partial charge on any atom is -0.426 e. The summed E-state index contributed by atoms with van der Waals surface area (Å²) in [7, 11) is 0. The van der Waals surface area contributed by atoms with Crippen molar-refractivity contribution in [2.45, 2.75) is 6.42 Å². The number of amides is 1. The largest absolute Gasteiger partial charge is 0.426 e. The first kappa shape index (κ1) is 19.5. The molecule has 1 aliphatic rings. The van der Waals surface area contributed by atoms with Crippen LogP contribution in [-0.2, 0) is 9.59 Å². The van der Waals surface area contributed by atoms with Crippen LogP contribution in [0.25, 0.3) is 11.1 Å². The second-order valence-electron chi connectivity index (χ2n) is 6.79. The molecular weight excluding hydrogens is 409 g/mol. The molecule has 0 N–H and O–H groups in total. The molecule has 6 heteroatoms. The number of hydrogen-bond acceptors (Lipinski definition) is 3. The van der Waals surface area contributed by atoms with E-state index >= 15 is 0 Å². The minimum absolute atomic E-state index is 0.0732. The Kier molecular flexibility index (Phi) is 5.56. The molecule has 0 aromatic heterocycles. The van der Waals surface area contributed by atoms with Crippen molar-refractivity contribution >= 4 is 40.8 Å². The van der Waals surface area contributed by atoms with Crippen LogP contribution in [0, 0.1) is 5.92 Å². The van der Waals surface area contributed by atoms with Gasteiger partial charge in [0.05, 0.1) is 21.7 Å². The van der Waals surface area contributed by atoms with Gasteiger partial charge in [0.25, 0.3) is 0 Å². The molecule has 29 heavy (non-hydrogen) atoms. The van der Waals surface area contributed by atoms with Crippen LogP contribution in [-0.4, -0.2) is 18.4 Å². The van der Waals surface area contributed by atoms with Crippen LogP contribution in [0.15, 0.2) is 72.8 Å². The predicted molar refractivity (Wildman–Crippen MR) is 114 cm³/mol. The lowest BCUT2D eigenvalue weighted by molar-refractivity contribution is -0.139. The van der Waals surface area contributed by atoms with E-state index in [4.69, 9.17) is 27.9 Å². The Bertz CT molecular complexity index is 1050. The number of carbonyl (C=O) groups is 2. The van der Waals surface area contributed by atoms with Gasteiger partial charge in [-0.15, -0.1) is 0 Å². The quantitative estimate of drug-likeness (QED) is 0.402. The lowest BCUT2D eigenvalue weighted by Gasteiger charge is -2.18. The van der Waals surface area contributed by atoms with E-state index in [1.54, 1.807) is 30.3 Å². The average molecular weight is 426 g/mol. The molecule has 4 rings (SSSR count). The second kappa shape index (κ2) is 8.27. The summed E-state index contributed by atoms with van der Waals surface area (Å²) in [6.07, 6.45) is 0.0732. The van der Waals surface area contributed by atoms with Gasteiger partial charge in [0.1, 0.15) is 5.75 Å². The molecule has 0 aliphatic carbocycles. The van der Waals surface area contributed by atoms with E-state index < -0.39 is 11.9 Å². The van der Waals surface area contributed by atoms with Crippen molar-refractivity contribution in [3.8, 4) is 16.9 Å². The van der Waals surface area contributed by atoms with E-state index in [1.807, 2.05) is 42.5 Å². The summed E-state index contributed by atoms with van der Waals surface area (Å²) in [6, 6.07) is 22.3. The van der Waals surface area contributed by atoms with Gasteiger partial charge in [0.15, 0.2) is 0 Å². The molecule has 0 bridgehead atoms. The van der Waals surface area contributed by atoms with E-state index in [2.05, 4.69) is 0 Å². The van der Waals surface area contributed by atoms with Gasteiger partial charge in [-0.2, -0.15) is 0 Å². The summed E-state index contributed by atoms with van der Waals surface area (Å²) in [6.45, 7) is 0.208. The Morgan fingerprint density at radius 3 is 2.31 bits per heavy atom. The molecular formula is C23H17Cl2NO3. The van der Waals surface area contributed by atoms with Crippen LogP contribution in [0.2, 0.25) is 10.0 Å². The van der Waals surface area contributed by atoms with Crippen LogP contribution < -0.4 is 9.64 Å². The van der Waals surface area contributed by atoms with Gasteiger partial charge < -0.3 is 9.64 Å². The average Bonchev–Trinajstić information content (AvgIpc) is 3.13. The van der Waals surface area contributed by atoms with Crippen LogP contribution in [0.5, 0.6) is 5.75 Å². The molecule has 1 atom stereocenters. The number of carbonyl (C=O) groups excluding carboxylic acids is 2. The fourth-order valence-electron chi connectivity index (χ4n) is 3.34. The van der Waals surface area contributed by atoms with E-state index in [0.29, 0.717) is 21.5 Å². The van der Waals surface area contributed by atoms with Crippen molar-refractivity contribution in [2.24, 2.45) is 5.92 Å².